The number of rotatable bonds is 4. The van der Waals surface area contributed by atoms with Crippen LogP contribution >= 0.6 is 0 Å². The van der Waals surface area contributed by atoms with Crippen LogP contribution in [-0.2, 0) is 11.3 Å². The molecule has 1 saturated carbocycles. The van der Waals surface area contributed by atoms with Crippen LogP contribution in [0.3, 0.4) is 0 Å². The Balaban J connectivity index is 1.23. The first-order valence-corrected chi connectivity index (χ1v) is 11.0. The molecule has 160 valence electrons. The van der Waals surface area contributed by atoms with E-state index in [9.17, 15) is 14.7 Å². The van der Waals surface area contributed by atoms with E-state index in [2.05, 4.69) is 17.1 Å². The van der Waals surface area contributed by atoms with Crippen LogP contribution in [0, 0.1) is 12.8 Å². The van der Waals surface area contributed by atoms with Crippen molar-refractivity contribution in [2.24, 2.45) is 5.92 Å². The molecule has 5 rings (SSSR count). The van der Waals surface area contributed by atoms with Crippen molar-refractivity contribution in [2.75, 3.05) is 13.1 Å². The molecule has 2 fully saturated rings. The standard InChI is InChI=1S/C25H27N3O3/c1-17-7-8-19-22(13-17)26-16-28(23(19)29)15-25(31)9-11-27(12-10-25)24(30)21-14-20(21)18-5-3-2-4-6-18/h2-8,13,16,20-21,31H,9-12,14-15H2,1H3/t20-,21+/m0/s1. The van der Waals surface area contributed by atoms with E-state index < -0.39 is 5.60 Å². The SMILES string of the molecule is Cc1ccc2c(=O)n(CC3(O)CCN(C(=O)[C@@H]4C[C@H]4c4ccccc4)CC3)cnc2c1. The number of benzene rings is 2. The Hall–Kier alpha value is -2.99. The Morgan fingerprint density at radius 2 is 1.90 bits per heavy atom. The molecule has 6 nitrogen and oxygen atoms in total. The number of hydrogen-bond acceptors (Lipinski definition) is 4. The van der Waals surface area contributed by atoms with Gasteiger partial charge in [-0.3, -0.25) is 14.2 Å². The highest BCUT2D eigenvalue weighted by Gasteiger charge is 2.47. The average Bonchev–Trinajstić information content (AvgIpc) is 3.57. The molecule has 1 saturated heterocycles. The average molecular weight is 418 g/mol. The maximum absolute atomic E-state index is 12.9. The van der Waals surface area contributed by atoms with Gasteiger partial charge in [0.1, 0.15) is 0 Å². The topological polar surface area (TPSA) is 75.4 Å². The van der Waals surface area contributed by atoms with E-state index in [0.717, 1.165) is 12.0 Å². The Bertz CT molecular complexity index is 1180. The molecule has 2 aromatic carbocycles. The smallest absolute Gasteiger partial charge is 0.261 e. The van der Waals surface area contributed by atoms with Crippen LogP contribution in [0.15, 0.2) is 59.7 Å². The van der Waals surface area contributed by atoms with E-state index in [-0.39, 0.29) is 23.9 Å². The van der Waals surface area contributed by atoms with Crippen LogP contribution in [0.2, 0.25) is 0 Å². The summed E-state index contributed by atoms with van der Waals surface area (Å²) >= 11 is 0. The lowest BCUT2D eigenvalue weighted by Crippen LogP contribution is -2.50. The lowest BCUT2D eigenvalue weighted by molar-refractivity contribution is -0.137. The van der Waals surface area contributed by atoms with E-state index in [4.69, 9.17) is 0 Å². The summed E-state index contributed by atoms with van der Waals surface area (Å²) in [5, 5.41) is 11.7. The number of carbonyl (C=O) groups excluding carboxylic acids is 1. The molecule has 6 heteroatoms. The zero-order valence-corrected chi connectivity index (χ0v) is 17.7. The number of aryl methyl sites for hydroxylation is 1. The largest absolute Gasteiger partial charge is 0.388 e. The molecule has 1 amide bonds. The van der Waals surface area contributed by atoms with Crippen molar-refractivity contribution in [3.63, 3.8) is 0 Å². The molecule has 1 aromatic heterocycles. The van der Waals surface area contributed by atoms with Gasteiger partial charge in [-0.05, 0) is 55.4 Å². The third-order valence-corrected chi connectivity index (χ3v) is 6.79. The van der Waals surface area contributed by atoms with Crippen LogP contribution in [0.5, 0.6) is 0 Å². The van der Waals surface area contributed by atoms with E-state index >= 15 is 0 Å². The highest BCUT2D eigenvalue weighted by molar-refractivity contribution is 5.83. The molecular weight excluding hydrogens is 390 g/mol. The second-order valence-electron chi connectivity index (χ2n) is 9.11. The summed E-state index contributed by atoms with van der Waals surface area (Å²) in [6.07, 6.45) is 3.34. The molecule has 0 unspecified atom stereocenters. The molecule has 2 atom stereocenters. The second-order valence-corrected chi connectivity index (χ2v) is 9.11. The van der Waals surface area contributed by atoms with E-state index in [1.54, 1.807) is 6.07 Å². The zero-order chi connectivity index (χ0) is 21.6. The van der Waals surface area contributed by atoms with Crippen molar-refractivity contribution < 1.29 is 9.90 Å². The van der Waals surface area contributed by atoms with Crippen LogP contribution in [0.25, 0.3) is 10.9 Å². The fourth-order valence-corrected chi connectivity index (χ4v) is 4.77. The number of fused-ring (bicyclic) bond motifs is 1. The number of nitrogens with zero attached hydrogens (tertiary/aromatic N) is 3. The third-order valence-electron chi connectivity index (χ3n) is 6.79. The van der Waals surface area contributed by atoms with E-state index in [1.165, 1.54) is 16.5 Å². The molecule has 0 spiro atoms. The summed E-state index contributed by atoms with van der Waals surface area (Å²) in [6.45, 7) is 3.19. The summed E-state index contributed by atoms with van der Waals surface area (Å²) in [4.78, 5) is 32.0. The van der Waals surface area contributed by atoms with E-state index in [1.807, 2.05) is 42.2 Å². The Labute approximate surface area is 181 Å². The summed E-state index contributed by atoms with van der Waals surface area (Å²) in [5.74, 6) is 0.570. The van der Waals surface area contributed by atoms with Gasteiger partial charge in [0, 0.05) is 19.0 Å². The summed E-state index contributed by atoms with van der Waals surface area (Å²) in [7, 11) is 0. The second kappa shape index (κ2) is 7.61. The van der Waals surface area contributed by atoms with Gasteiger partial charge in [0.05, 0.1) is 29.4 Å². The molecule has 2 aliphatic rings. The maximum Gasteiger partial charge on any atom is 0.261 e. The predicted molar refractivity (Wildman–Crippen MR) is 119 cm³/mol. The van der Waals surface area contributed by atoms with Gasteiger partial charge in [-0.15, -0.1) is 0 Å². The van der Waals surface area contributed by atoms with Crippen molar-refractivity contribution >= 4 is 16.8 Å². The van der Waals surface area contributed by atoms with Gasteiger partial charge >= 0.3 is 0 Å². The summed E-state index contributed by atoms with van der Waals surface area (Å²) < 4.78 is 1.50. The lowest BCUT2D eigenvalue weighted by Gasteiger charge is -2.38. The predicted octanol–water partition coefficient (Wildman–Crippen LogP) is 2.86. The van der Waals surface area contributed by atoms with Crippen molar-refractivity contribution in [3.05, 3.63) is 76.3 Å². The fraction of sp³-hybridized carbons (Fsp3) is 0.400. The maximum atomic E-state index is 12.9. The summed E-state index contributed by atoms with van der Waals surface area (Å²) in [5.41, 5.74) is 1.81. The molecule has 1 aliphatic carbocycles. The monoisotopic (exact) mass is 417 g/mol. The molecule has 2 heterocycles. The normalized spacial score (nSPS) is 22.5. The van der Waals surface area contributed by atoms with Crippen LogP contribution in [0.1, 0.15) is 36.3 Å². The van der Waals surface area contributed by atoms with Crippen molar-refractivity contribution in [1.29, 1.82) is 0 Å². The number of piperidine rings is 1. The van der Waals surface area contributed by atoms with Crippen molar-refractivity contribution in [1.82, 2.24) is 14.5 Å². The molecule has 1 N–H and O–H groups in total. The zero-order valence-electron chi connectivity index (χ0n) is 17.7. The Morgan fingerprint density at radius 1 is 1.16 bits per heavy atom. The van der Waals surface area contributed by atoms with Gasteiger partial charge < -0.3 is 10.0 Å². The van der Waals surface area contributed by atoms with Gasteiger partial charge in [-0.2, -0.15) is 0 Å². The highest BCUT2D eigenvalue weighted by atomic mass is 16.3. The van der Waals surface area contributed by atoms with E-state index in [0.29, 0.717) is 42.8 Å². The number of amides is 1. The number of hydrogen-bond donors (Lipinski definition) is 1. The minimum Gasteiger partial charge on any atom is -0.388 e. The molecule has 0 bridgehead atoms. The Morgan fingerprint density at radius 3 is 2.65 bits per heavy atom. The van der Waals surface area contributed by atoms with Crippen LogP contribution in [-0.4, -0.2) is 44.2 Å². The van der Waals surface area contributed by atoms with Gasteiger partial charge in [0.15, 0.2) is 0 Å². The number of carbonyl (C=O) groups is 1. The van der Waals surface area contributed by atoms with Gasteiger partial charge in [-0.1, -0.05) is 36.4 Å². The molecular formula is C25H27N3O3. The number of aliphatic hydroxyl groups is 1. The van der Waals surface area contributed by atoms with Crippen LogP contribution < -0.4 is 5.56 Å². The first-order valence-electron chi connectivity index (χ1n) is 11.0. The highest BCUT2D eigenvalue weighted by Crippen LogP contribution is 2.48. The first-order chi connectivity index (χ1) is 14.9. The Kier molecular flexibility index (Phi) is 4.89. The lowest BCUT2D eigenvalue weighted by atomic mass is 9.91. The third kappa shape index (κ3) is 3.88. The first kappa shape index (κ1) is 19.9. The molecule has 1 aliphatic heterocycles. The number of aromatic nitrogens is 2. The molecule has 31 heavy (non-hydrogen) atoms. The quantitative estimate of drug-likeness (QED) is 0.708. The minimum atomic E-state index is -1.01. The fourth-order valence-electron chi connectivity index (χ4n) is 4.77. The summed E-state index contributed by atoms with van der Waals surface area (Å²) in [6, 6.07) is 15.8. The number of likely N-dealkylation sites (tertiary alicyclic amines) is 1. The van der Waals surface area contributed by atoms with Crippen molar-refractivity contribution in [3.8, 4) is 0 Å². The minimum absolute atomic E-state index is 0.0596. The van der Waals surface area contributed by atoms with Crippen LogP contribution in [0.4, 0.5) is 0 Å². The van der Waals surface area contributed by atoms with Gasteiger partial charge in [0.2, 0.25) is 5.91 Å². The molecule has 3 aromatic rings. The van der Waals surface area contributed by atoms with Crippen molar-refractivity contribution in [2.45, 2.75) is 44.2 Å². The molecule has 0 radical (unpaired) electrons. The van der Waals surface area contributed by atoms with Gasteiger partial charge in [0.25, 0.3) is 5.56 Å². The van der Waals surface area contributed by atoms with Gasteiger partial charge in [-0.25, -0.2) is 4.98 Å².